The summed E-state index contributed by atoms with van der Waals surface area (Å²) in [6.45, 7) is -0.486. The first kappa shape index (κ1) is 24.5. The molecule has 4 rings (SSSR count). The predicted molar refractivity (Wildman–Crippen MR) is 135 cm³/mol. The minimum Gasteiger partial charge on any atom is -0.495 e. The molecule has 0 fully saturated rings. The molecule has 1 amide bonds. The van der Waals surface area contributed by atoms with Crippen LogP contribution in [-0.4, -0.2) is 46.9 Å². The molecule has 0 bridgehead atoms. The summed E-state index contributed by atoms with van der Waals surface area (Å²) in [5.41, 5.74) is 2.34. The average molecular weight is 491 g/mol. The van der Waals surface area contributed by atoms with Crippen molar-refractivity contribution >= 4 is 45.6 Å². The van der Waals surface area contributed by atoms with Crippen molar-refractivity contribution in [2.75, 3.05) is 40.4 Å². The van der Waals surface area contributed by atoms with Crippen molar-refractivity contribution in [2.45, 2.75) is 0 Å². The SMILES string of the molecule is COc1cc2c(cc1NC(=O)COC(=O)/C=C/c1cc(OC)c(OC)c(OC)c1)oc1ccccc12. The summed E-state index contributed by atoms with van der Waals surface area (Å²) in [4.78, 5) is 24.6. The molecule has 1 heterocycles. The quantitative estimate of drug-likeness (QED) is 0.263. The molecule has 186 valence electrons. The molecule has 0 aliphatic carbocycles. The minimum absolute atomic E-state index is 0.401. The van der Waals surface area contributed by atoms with Gasteiger partial charge in [-0.05, 0) is 35.9 Å². The third kappa shape index (κ3) is 5.05. The number of esters is 1. The fourth-order valence-corrected chi connectivity index (χ4v) is 3.75. The largest absolute Gasteiger partial charge is 0.495 e. The second-order valence-electron chi connectivity index (χ2n) is 7.59. The van der Waals surface area contributed by atoms with Crippen LogP contribution in [0.25, 0.3) is 28.0 Å². The number of nitrogens with one attached hydrogen (secondary N) is 1. The molecule has 0 atom stereocenters. The number of methoxy groups -OCH3 is 4. The summed E-state index contributed by atoms with van der Waals surface area (Å²) < 4.78 is 32.3. The molecule has 9 nitrogen and oxygen atoms in total. The van der Waals surface area contributed by atoms with E-state index in [4.69, 9.17) is 28.1 Å². The van der Waals surface area contributed by atoms with Crippen LogP contribution >= 0.6 is 0 Å². The number of benzene rings is 3. The lowest BCUT2D eigenvalue weighted by atomic mass is 10.1. The molecule has 36 heavy (non-hydrogen) atoms. The van der Waals surface area contributed by atoms with E-state index in [0.29, 0.717) is 39.8 Å². The van der Waals surface area contributed by atoms with Crippen LogP contribution in [0.15, 0.2) is 59.0 Å². The predicted octanol–water partition coefficient (Wildman–Crippen LogP) is 4.82. The zero-order valence-corrected chi connectivity index (χ0v) is 20.2. The van der Waals surface area contributed by atoms with E-state index in [1.165, 1.54) is 40.6 Å². The highest BCUT2D eigenvalue weighted by atomic mass is 16.5. The Balaban J connectivity index is 1.42. The topological polar surface area (TPSA) is 105 Å². The highest BCUT2D eigenvalue weighted by Crippen LogP contribution is 2.39. The zero-order valence-electron chi connectivity index (χ0n) is 20.2. The van der Waals surface area contributed by atoms with Crippen molar-refractivity contribution in [1.82, 2.24) is 0 Å². The number of anilines is 1. The van der Waals surface area contributed by atoms with Crippen LogP contribution in [0.4, 0.5) is 5.69 Å². The molecule has 3 aromatic carbocycles. The summed E-state index contributed by atoms with van der Waals surface area (Å²) in [7, 11) is 6.01. The van der Waals surface area contributed by atoms with Crippen molar-refractivity contribution in [3.63, 3.8) is 0 Å². The zero-order chi connectivity index (χ0) is 25.7. The van der Waals surface area contributed by atoms with Gasteiger partial charge in [-0.15, -0.1) is 0 Å². The number of hydrogen-bond donors (Lipinski definition) is 1. The van der Waals surface area contributed by atoms with Crippen LogP contribution in [0.1, 0.15) is 5.56 Å². The lowest BCUT2D eigenvalue weighted by molar-refractivity contribution is -0.142. The lowest BCUT2D eigenvalue weighted by Gasteiger charge is -2.12. The number of hydrogen-bond acceptors (Lipinski definition) is 8. The molecule has 0 saturated heterocycles. The Morgan fingerprint density at radius 2 is 1.53 bits per heavy atom. The maximum Gasteiger partial charge on any atom is 0.331 e. The Hall–Kier alpha value is -4.66. The van der Waals surface area contributed by atoms with Crippen LogP contribution in [0.2, 0.25) is 0 Å². The molecule has 0 aliphatic heterocycles. The van der Waals surface area contributed by atoms with Gasteiger partial charge in [0.2, 0.25) is 5.75 Å². The van der Waals surface area contributed by atoms with Crippen LogP contribution in [0, 0.1) is 0 Å². The van der Waals surface area contributed by atoms with Gasteiger partial charge < -0.3 is 33.4 Å². The second-order valence-corrected chi connectivity index (χ2v) is 7.59. The normalized spacial score (nSPS) is 11.0. The fraction of sp³-hybridized carbons (Fsp3) is 0.185. The summed E-state index contributed by atoms with van der Waals surface area (Å²) >= 11 is 0. The minimum atomic E-state index is -0.696. The maximum absolute atomic E-state index is 12.5. The first-order valence-corrected chi connectivity index (χ1v) is 10.9. The van der Waals surface area contributed by atoms with E-state index < -0.39 is 18.5 Å². The number of rotatable bonds is 9. The Labute approximate surface area is 207 Å². The molecule has 4 aromatic rings. The van der Waals surface area contributed by atoms with Crippen LogP contribution in [0.3, 0.4) is 0 Å². The van der Waals surface area contributed by atoms with Gasteiger partial charge in [0.25, 0.3) is 5.91 Å². The third-order valence-electron chi connectivity index (χ3n) is 5.42. The summed E-state index contributed by atoms with van der Waals surface area (Å²) in [5.74, 6) is 0.555. The van der Waals surface area contributed by atoms with Gasteiger partial charge >= 0.3 is 5.97 Å². The molecule has 1 aromatic heterocycles. The van der Waals surface area contributed by atoms with Gasteiger partial charge in [-0.1, -0.05) is 18.2 Å². The number of furan rings is 1. The number of ether oxygens (including phenoxy) is 5. The highest BCUT2D eigenvalue weighted by molar-refractivity contribution is 6.08. The standard InChI is InChI=1S/C27H25NO8/c1-31-22-13-18-17-7-5-6-8-20(17)36-21(18)14-19(22)28-25(29)15-35-26(30)10-9-16-11-23(32-2)27(34-4)24(12-16)33-3/h5-14H,15H2,1-4H3,(H,28,29)/b10-9+. The Morgan fingerprint density at radius 1 is 0.833 bits per heavy atom. The van der Waals surface area contributed by atoms with Crippen molar-refractivity contribution in [2.24, 2.45) is 0 Å². The number of carbonyl (C=O) groups is 2. The third-order valence-corrected chi connectivity index (χ3v) is 5.42. The summed E-state index contributed by atoms with van der Waals surface area (Å²) in [5, 5.41) is 4.50. The average Bonchev–Trinajstić information content (AvgIpc) is 3.26. The van der Waals surface area contributed by atoms with E-state index >= 15 is 0 Å². The molecule has 0 radical (unpaired) electrons. The van der Waals surface area contributed by atoms with E-state index in [9.17, 15) is 9.59 Å². The van der Waals surface area contributed by atoms with Crippen LogP contribution in [0.5, 0.6) is 23.0 Å². The number of para-hydroxylation sites is 1. The molecular formula is C27H25NO8. The summed E-state index contributed by atoms with van der Waals surface area (Å²) in [6, 6.07) is 14.5. The van der Waals surface area contributed by atoms with Gasteiger partial charge in [0.1, 0.15) is 16.9 Å². The fourth-order valence-electron chi connectivity index (χ4n) is 3.75. The van der Waals surface area contributed by atoms with Crippen molar-refractivity contribution in [1.29, 1.82) is 0 Å². The van der Waals surface area contributed by atoms with Crippen molar-refractivity contribution in [3.05, 3.63) is 60.2 Å². The van der Waals surface area contributed by atoms with E-state index in [0.717, 1.165) is 16.4 Å². The molecule has 0 spiro atoms. The molecule has 0 aliphatic rings. The van der Waals surface area contributed by atoms with Gasteiger partial charge in [0.15, 0.2) is 18.1 Å². The van der Waals surface area contributed by atoms with Gasteiger partial charge in [-0.2, -0.15) is 0 Å². The molecular weight excluding hydrogens is 466 g/mol. The monoisotopic (exact) mass is 491 g/mol. The number of carbonyl (C=O) groups excluding carboxylic acids is 2. The Kier molecular flexibility index (Phi) is 7.29. The van der Waals surface area contributed by atoms with Crippen molar-refractivity contribution in [3.8, 4) is 23.0 Å². The smallest absolute Gasteiger partial charge is 0.331 e. The van der Waals surface area contributed by atoms with Crippen molar-refractivity contribution < 1.29 is 37.7 Å². The molecule has 0 saturated carbocycles. The number of amides is 1. The summed E-state index contributed by atoms with van der Waals surface area (Å²) in [6.07, 6.45) is 2.72. The van der Waals surface area contributed by atoms with E-state index in [-0.39, 0.29) is 0 Å². The van der Waals surface area contributed by atoms with Gasteiger partial charge in [0, 0.05) is 22.9 Å². The van der Waals surface area contributed by atoms with Crippen LogP contribution in [-0.2, 0) is 14.3 Å². The van der Waals surface area contributed by atoms with E-state index in [2.05, 4.69) is 5.32 Å². The first-order valence-electron chi connectivity index (χ1n) is 10.9. The molecule has 0 unspecified atom stereocenters. The van der Waals surface area contributed by atoms with E-state index in [1.807, 2.05) is 24.3 Å². The molecule has 1 N–H and O–H groups in total. The highest BCUT2D eigenvalue weighted by Gasteiger charge is 2.15. The van der Waals surface area contributed by atoms with E-state index in [1.54, 1.807) is 24.3 Å². The Bertz CT molecular complexity index is 1430. The first-order chi connectivity index (χ1) is 17.5. The second kappa shape index (κ2) is 10.7. The van der Waals surface area contributed by atoms with Crippen LogP contribution < -0.4 is 24.3 Å². The number of fused-ring (bicyclic) bond motifs is 3. The Morgan fingerprint density at radius 3 is 2.19 bits per heavy atom. The van der Waals surface area contributed by atoms with Gasteiger partial charge in [-0.3, -0.25) is 4.79 Å². The lowest BCUT2D eigenvalue weighted by Crippen LogP contribution is -2.20. The van der Waals surface area contributed by atoms with Gasteiger partial charge in [0.05, 0.1) is 34.1 Å². The van der Waals surface area contributed by atoms with Gasteiger partial charge in [-0.25, -0.2) is 4.79 Å². The molecule has 9 heteroatoms. The maximum atomic E-state index is 12.5.